The van der Waals surface area contributed by atoms with Gasteiger partial charge in [0.2, 0.25) is 5.82 Å². The second-order valence-corrected chi connectivity index (χ2v) is 3.40. The molecule has 0 atom stereocenters. The van der Waals surface area contributed by atoms with Gasteiger partial charge in [0.15, 0.2) is 0 Å². The summed E-state index contributed by atoms with van der Waals surface area (Å²) < 4.78 is 18.3. The molecule has 5 nitrogen and oxygen atoms in total. The molecule has 0 aliphatic heterocycles. The van der Waals surface area contributed by atoms with Crippen molar-refractivity contribution in [3.05, 3.63) is 26.5 Å². The molecule has 0 saturated heterocycles. The minimum absolute atomic E-state index is 0.0595. The van der Waals surface area contributed by atoms with E-state index in [-0.39, 0.29) is 15.9 Å². The smallest absolute Gasteiger partial charge is 0.329 e. The van der Waals surface area contributed by atoms with Gasteiger partial charge in [0.25, 0.3) is 0 Å². The number of anilines is 1. The number of methoxy groups -OCH3 is 1. The topological polar surface area (TPSA) is 64.4 Å². The first-order valence-corrected chi connectivity index (χ1v) is 4.70. The Kier molecular flexibility index (Phi) is 3.46. The highest BCUT2D eigenvalue weighted by molar-refractivity contribution is 9.10. The Labute approximate surface area is 93.5 Å². The maximum Gasteiger partial charge on any atom is 0.329 e. The van der Waals surface area contributed by atoms with Gasteiger partial charge in [0.05, 0.1) is 12.0 Å². The van der Waals surface area contributed by atoms with Gasteiger partial charge in [-0.2, -0.15) is 4.39 Å². The average molecular weight is 279 g/mol. The van der Waals surface area contributed by atoms with Crippen LogP contribution >= 0.6 is 15.9 Å². The van der Waals surface area contributed by atoms with E-state index in [1.165, 1.54) is 20.2 Å². The van der Waals surface area contributed by atoms with E-state index in [1.54, 1.807) is 0 Å². The number of hydrogen-bond acceptors (Lipinski definition) is 4. The predicted octanol–water partition coefficient (Wildman–Crippen LogP) is 2.55. The van der Waals surface area contributed by atoms with Crippen LogP contribution in [-0.2, 0) is 0 Å². The molecule has 1 N–H and O–H groups in total. The minimum atomic E-state index is -0.955. The van der Waals surface area contributed by atoms with Crippen molar-refractivity contribution in [3.63, 3.8) is 0 Å². The van der Waals surface area contributed by atoms with Crippen LogP contribution in [0.5, 0.6) is 5.75 Å². The van der Waals surface area contributed by atoms with Gasteiger partial charge in [-0.1, -0.05) is 0 Å². The third-order valence-corrected chi connectivity index (χ3v) is 2.56. The van der Waals surface area contributed by atoms with Gasteiger partial charge in [-0.05, 0) is 15.9 Å². The molecule has 1 aromatic rings. The summed E-state index contributed by atoms with van der Waals surface area (Å²) in [6, 6.07) is 1.35. The summed E-state index contributed by atoms with van der Waals surface area (Å²) in [5.74, 6) is -0.758. The molecule has 1 aromatic carbocycles. The molecule has 15 heavy (non-hydrogen) atoms. The number of nitrogens with one attached hydrogen (secondary N) is 1. The number of nitrogens with zero attached hydrogens (tertiary/aromatic N) is 1. The monoisotopic (exact) mass is 278 g/mol. The zero-order valence-electron chi connectivity index (χ0n) is 8.01. The Morgan fingerprint density at radius 1 is 1.67 bits per heavy atom. The lowest BCUT2D eigenvalue weighted by atomic mass is 10.2. The van der Waals surface area contributed by atoms with Crippen molar-refractivity contribution < 1.29 is 14.1 Å². The van der Waals surface area contributed by atoms with Crippen molar-refractivity contribution >= 4 is 27.3 Å². The summed E-state index contributed by atoms with van der Waals surface area (Å²) in [4.78, 5) is 9.83. The molecule has 0 aliphatic carbocycles. The Morgan fingerprint density at radius 2 is 2.27 bits per heavy atom. The van der Waals surface area contributed by atoms with Crippen LogP contribution in [0.3, 0.4) is 0 Å². The second-order valence-electron chi connectivity index (χ2n) is 2.61. The summed E-state index contributed by atoms with van der Waals surface area (Å²) in [6.07, 6.45) is 0. The van der Waals surface area contributed by atoms with Crippen LogP contribution in [0.2, 0.25) is 0 Å². The maximum absolute atomic E-state index is 13.5. The normalized spacial score (nSPS) is 9.87. The van der Waals surface area contributed by atoms with Gasteiger partial charge in [0, 0.05) is 13.1 Å². The summed E-state index contributed by atoms with van der Waals surface area (Å²) in [7, 11) is 2.82. The number of halogens is 2. The van der Waals surface area contributed by atoms with Gasteiger partial charge in [-0.25, -0.2) is 0 Å². The van der Waals surface area contributed by atoms with Crippen LogP contribution in [0, 0.1) is 15.9 Å². The van der Waals surface area contributed by atoms with E-state index in [0.717, 1.165) is 0 Å². The number of rotatable bonds is 3. The lowest BCUT2D eigenvalue weighted by Gasteiger charge is -2.08. The van der Waals surface area contributed by atoms with Crippen LogP contribution < -0.4 is 10.1 Å². The number of ether oxygens (including phenoxy) is 1. The fourth-order valence-electron chi connectivity index (χ4n) is 1.11. The third-order valence-electron chi connectivity index (χ3n) is 1.82. The van der Waals surface area contributed by atoms with E-state index in [2.05, 4.69) is 21.2 Å². The standard InChI is InChI=1S/C8H8BrFN2O3/c1-11-4-3-5(15-2)6(9)7(10)8(4)12(13)14/h3,11H,1-2H3. The highest BCUT2D eigenvalue weighted by atomic mass is 79.9. The number of hydrogen-bond donors (Lipinski definition) is 1. The molecule has 0 aliphatic rings. The predicted molar refractivity (Wildman–Crippen MR) is 56.9 cm³/mol. The van der Waals surface area contributed by atoms with Gasteiger partial charge in [0.1, 0.15) is 15.9 Å². The fourth-order valence-corrected chi connectivity index (χ4v) is 1.57. The quantitative estimate of drug-likeness (QED) is 0.682. The van der Waals surface area contributed by atoms with E-state index >= 15 is 0 Å². The average Bonchev–Trinajstić information content (AvgIpc) is 2.20. The molecule has 0 fully saturated rings. The largest absolute Gasteiger partial charge is 0.495 e. The van der Waals surface area contributed by atoms with Gasteiger partial charge in [-0.3, -0.25) is 10.1 Å². The highest BCUT2D eigenvalue weighted by Crippen LogP contribution is 2.39. The Hall–Kier alpha value is -1.37. The van der Waals surface area contributed by atoms with Gasteiger partial charge >= 0.3 is 5.69 Å². The number of nitro benzene ring substituents is 1. The molecule has 0 spiro atoms. The molecule has 0 unspecified atom stereocenters. The molecule has 7 heteroatoms. The lowest BCUT2D eigenvalue weighted by molar-refractivity contribution is -0.386. The molecule has 82 valence electrons. The molecule has 0 bridgehead atoms. The van der Waals surface area contributed by atoms with Crippen LogP contribution in [0.15, 0.2) is 10.5 Å². The molecule has 0 radical (unpaired) electrons. The molecule has 0 saturated carbocycles. The first kappa shape index (κ1) is 11.7. The van der Waals surface area contributed by atoms with E-state index in [9.17, 15) is 14.5 Å². The Bertz CT molecular complexity index is 411. The van der Waals surface area contributed by atoms with Crippen molar-refractivity contribution in [1.82, 2.24) is 0 Å². The van der Waals surface area contributed by atoms with Crippen molar-refractivity contribution in [2.45, 2.75) is 0 Å². The first-order chi connectivity index (χ1) is 7.02. The molecular formula is C8H8BrFN2O3. The second kappa shape index (κ2) is 4.43. The van der Waals surface area contributed by atoms with Crippen LogP contribution in [0.1, 0.15) is 0 Å². The van der Waals surface area contributed by atoms with Crippen LogP contribution in [0.25, 0.3) is 0 Å². The van der Waals surface area contributed by atoms with Crippen molar-refractivity contribution in [1.29, 1.82) is 0 Å². The minimum Gasteiger partial charge on any atom is -0.495 e. The number of nitro groups is 1. The summed E-state index contributed by atoms with van der Waals surface area (Å²) in [6.45, 7) is 0. The zero-order chi connectivity index (χ0) is 11.6. The SMILES string of the molecule is CNc1cc(OC)c(Br)c(F)c1[N+](=O)[O-]. The Morgan fingerprint density at radius 3 is 2.67 bits per heavy atom. The van der Waals surface area contributed by atoms with Gasteiger partial charge < -0.3 is 10.1 Å². The van der Waals surface area contributed by atoms with Gasteiger partial charge in [-0.15, -0.1) is 0 Å². The maximum atomic E-state index is 13.5. The van der Waals surface area contributed by atoms with E-state index in [4.69, 9.17) is 4.74 Å². The van der Waals surface area contributed by atoms with E-state index < -0.39 is 16.4 Å². The Balaban J connectivity index is 3.51. The van der Waals surface area contributed by atoms with Crippen molar-refractivity contribution in [2.24, 2.45) is 0 Å². The van der Waals surface area contributed by atoms with E-state index in [0.29, 0.717) is 0 Å². The fraction of sp³-hybridized carbons (Fsp3) is 0.250. The highest BCUT2D eigenvalue weighted by Gasteiger charge is 2.25. The van der Waals surface area contributed by atoms with Crippen molar-refractivity contribution in [2.75, 3.05) is 19.5 Å². The third kappa shape index (κ3) is 2.01. The summed E-state index contributed by atoms with van der Waals surface area (Å²) in [5, 5.41) is 13.2. The van der Waals surface area contributed by atoms with Crippen LogP contribution in [0.4, 0.5) is 15.8 Å². The molecule has 0 heterocycles. The van der Waals surface area contributed by atoms with Crippen molar-refractivity contribution in [3.8, 4) is 5.75 Å². The lowest BCUT2D eigenvalue weighted by Crippen LogP contribution is -2.01. The summed E-state index contributed by atoms with van der Waals surface area (Å²) in [5.41, 5.74) is -0.539. The molecule has 0 aromatic heterocycles. The summed E-state index contributed by atoms with van der Waals surface area (Å²) >= 11 is 2.89. The zero-order valence-corrected chi connectivity index (χ0v) is 9.59. The first-order valence-electron chi connectivity index (χ1n) is 3.91. The molecule has 1 rings (SSSR count). The number of benzene rings is 1. The molecule has 0 amide bonds. The molecular weight excluding hydrogens is 271 g/mol. The van der Waals surface area contributed by atoms with Crippen LogP contribution in [-0.4, -0.2) is 19.1 Å². The van der Waals surface area contributed by atoms with E-state index in [1.807, 2.05) is 0 Å².